The molecule has 0 spiro atoms. The molecule has 1 aromatic carbocycles. The molecule has 3 rings (SSSR count). The van der Waals surface area contributed by atoms with Crippen molar-refractivity contribution < 1.29 is 9.59 Å². The van der Waals surface area contributed by atoms with E-state index in [9.17, 15) is 9.59 Å². The predicted molar refractivity (Wildman–Crippen MR) is 105 cm³/mol. The lowest BCUT2D eigenvalue weighted by molar-refractivity contribution is -0.121. The Balaban J connectivity index is 1.89. The van der Waals surface area contributed by atoms with Crippen LogP contribution in [0.2, 0.25) is 0 Å². The van der Waals surface area contributed by atoms with Crippen molar-refractivity contribution in [3.05, 3.63) is 41.6 Å². The topological polar surface area (TPSA) is 91.0 Å². The SMILES string of the molecule is CCCCC1CN(CC(=O)NCC#N)C(=O)c2cc(-c3ccc(C)cc3)nn21. The van der Waals surface area contributed by atoms with Crippen LogP contribution in [0.5, 0.6) is 0 Å². The summed E-state index contributed by atoms with van der Waals surface area (Å²) in [7, 11) is 0. The van der Waals surface area contributed by atoms with Crippen LogP contribution in [-0.2, 0) is 4.79 Å². The molecule has 1 aromatic heterocycles. The largest absolute Gasteiger partial charge is 0.341 e. The minimum absolute atomic E-state index is 0.0376. The highest BCUT2D eigenvalue weighted by Gasteiger charge is 2.33. The van der Waals surface area contributed by atoms with Gasteiger partial charge in [-0.15, -0.1) is 0 Å². The van der Waals surface area contributed by atoms with Crippen molar-refractivity contribution in [3.63, 3.8) is 0 Å². The summed E-state index contributed by atoms with van der Waals surface area (Å²) >= 11 is 0. The van der Waals surface area contributed by atoms with Gasteiger partial charge in [0.25, 0.3) is 5.91 Å². The smallest absolute Gasteiger partial charge is 0.272 e. The van der Waals surface area contributed by atoms with Gasteiger partial charge in [0, 0.05) is 12.1 Å². The zero-order valence-electron chi connectivity index (χ0n) is 16.3. The maximum Gasteiger partial charge on any atom is 0.272 e. The number of hydrogen-bond acceptors (Lipinski definition) is 4. The third-order valence-corrected chi connectivity index (χ3v) is 4.96. The van der Waals surface area contributed by atoms with Crippen LogP contribution in [0.4, 0.5) is 0 Å². The molecule has 7 heteroatoms. The molecule has 0 radical (unpaired) electrons. The normalized spacial score (nSPS) is 15.8. The Morgan fingerprint density at radius 1 is 1.36 bits per heavy atom. The van der Waals surface area contributed by atoms with E-state index in [1.54, 1.807) is 4.90 Å². The molecule has 7 nitrogen and oxygen atoms in total. The summed E-state index contributed by atoms with van der Waals surface area (Å²) in [5.41, 5.74) is 3.41. The Hall–Kier alpha value is -3.14. The average molecular weight is 379 g/mol. The summed E-state index contributed by atoms with van der Waals surface area (Å²) < 4.78 is 1.83. The van der Waals surface area contributed by atoms with Gasteiger partial charge < -0.3 is 10.2 Å². The standard InChI is InChI=1S/C21H25N5O2/c1-3-4-5-17-13-25(14-20(27)23-11-10-22)21(28)19-12-18(24-26(17)19)16-8-6-15(2)7-9-16/h6-9,12,17H,3-5,11,13-14H2,1-2H3,(H,23,27). The predicted octanol–water partition coefficient (Wildman–Crippen LogP) is 2.69. The lowest BCUT2D eigenvalue weighted by Gasteiger charge is -2.33. The molecule has 0 saturated heterocycles. The Bertz CT molecular complexity index is 895. The van der Waals surface area contributed by atoms with E-state index in [1.165, 1.54) is 5.56 Å². The molecule has 146 valence electrons. The number of unbranched alkanes of at least 4 members (excludes halogenated alkanes) is 1. The van der Waals surface area contributed by atoms with E-state index >= 15 is 0 Å². The number of nitriles is 1. The third-order valence-electron chi connectivity index (χ3n) is 4.96. The number of fused-ring (bicyclic) bond motifs is 1. The molecule has 2 aromatic rings. The maximum absolute atomic E-state index is 13.0. The summed E-state index contributed by atoms with van der Waals surface area (Å²) in [6.07, 6.45) is 2.96. The number of aromatic nitrogens is 2. The number of nitrogens with one attached hydrogen (secondary N) is 1. The number of amides is 2. The van der Waals surface area contributed by atoms with Crippen molar-refractivity contribution in [2.24, 2.45) is 0 Å². The van der Waals surface area contributed by atoms with Crippen molar-refractivity contribution in [1.82, 2.24) is 20.0 Å². The quantitative estimate of drug-likeness (QED) is 0.749. The van der Waals surface area contributed by atoms with Crippen LogP contribution in [0.3, 0.4) is 0 Å². The highest BCUT2D eigenvalue weighted by molar-refractivity contribution is 5.96. The Labute approximate surface area is 164 Å². The molecular weight excluding hydrogens is 354 g/mol. The second kappa shape index (κ2) is 8.70. The van der Waals surface area contributed by atoms with Crippen LogP contribution in [0.15, 0.2) is 30.3 Å². The molecule has 0 bridgehead atoms. The summed E-state index contributed by atoms with van der Waals surface area (Å²) in [6.45, 7) is 4.50. The summed E-state index contributed by atoms with van der Waals surface area (Å²) in [5.74, 6) is -0.526. The minimum atomic E-state index is -0.323. The number of benzene rings is 1. The van der Waals surface area contributed by atoms with Crippen LogP contribution in [0.25, 0.3) is 11.3 Å². The zero-order chi connectivity index (χ0) is 20.1. The van der Waals surface area contributed by atoms with Crippen molar-refractivity contribution in [2.45, 2.75) is 39.2 Å². The molecule has 0 fully saturated rings. The van der Waals surface area contributed by atoms with Gasteiger partial charge in [-0.1, -0.05) is 49.6 Å². The van der Waals surface area contributed by atoms with Gasteiger partial charge in [-0.05, 0) is 19.4 Å². The van der Waals surface area contributed by atoms with Gasteiger partial charge in [0.15, 0.2) is 0 Å². The maximum atomic E-state index is 13.0. The molecular formula is C21H25N5O2. The fourth-order valence-electron chi connectivity index (χ4n) is 3.43. The summed E-state index contributed by atoms with van der Waals surface area (Å²) in [6, 6.07) is 11.8. The molecule has 0 saturated carbocycles. The molecule has 1 atom stereocenters. The van der Waals surface area contributed by atoms with Crippen molar-refractivity contribution >= 4 is 11.8 Å². The highest BCUT2D eigenvalue weighted by Crippen LogP contribution is 2.29. The van der Waals surface area contributed by atoms with Gasteiger partial charge >= 0.3 is 0 Å². The van der Waals surface area contributed by atoms with E-state index in [4.69, 9.17) is 10.4 Å². The lowest BCUT2D eigenvalue weighted by Crippen LogP contribution is -2.47. The number of carbonyl (C=O) groups excluding carboxylic acids is 2. The number of hydrogen-bond donors (Lipinski definition) is 1. The first kappa shape index (κ1) is 19.6. The second-order valence-corrected chi connectivity index (χ2v) is 7.14. The molecule has 1 aliphatic heterocycles. The van der Waals surface area contributed by atoms with E-state index in [1.807, 2.05) is 48.0 Å². The monoisotopic (exact) mass is 379 g/mol. The number of aryl methyl sites for hydroxylation is 1. The molecule has 2 heterocycles. The Morgan fingerprint density at radius 3 is 2.79 bits per heavy atom. The van der Waals surface area contributed by atoms with Gasteiger partial charge in [0.2, 0.25) is 5.91 Å². The first-order valence-electron chi connectivity index (χ1n) is 9.63. The van der Waals surface area contributed by atoms with Crippen LogP contribution < -0.4 is 5.32 Å². The van der Waals surface area contributed by atoms with Gasteiger partial charge in [0.1, 0.15) is 12.2 Å². The van der Waals surface area contributed by atoms with Crippen LogP contribution in [-0.4, -0.2) is 46.1 Å². The van der Waals surface area contributed by atoms with Crippen LogP contribution >= 0.6 is 0 Å². The molecule has 1 N–H and O–H groups in total. The fraction of sp³-hybridized carbons (Fsp3) is 0.429. The van der Waals surface area contributed by atoms with Gasteiger partial charge in [-0.2, -0.15) is 10.4 Å². The number of carbonyl (C=O) groups is 2. The van der Waals surface area contributed by atoms with Crippen LogP contribution in [0, 0.1) is 18.3 Å². The van der Waals surface area contributed by atoms with Gasteiger partial charge in [-0.3, -0.25) is 14.3 Å². The third kappa shape index (κ3) is 4.22. The fourth-order valence-corrected chi connectivity index (χ4v) is 3.43. The lowest BCUT2D eigenvalue weighted by atomic mass is 10.1. The van der Waals surface area contributed by atoms with E-state index in [0.29, 0.717) is 12.2 Å². The zero-order valence-corrected chi connectivity index (χ0v) is 16.3. The van der Waals surface area contributed by atoms with Crippen LogP contribution in [0.1, 0.15) is 48.3 Å². The molecule has 1 aliphatic rings. The highest BCUT2D eigenvalue weighted by atomic mass is 16.2. The van der Waals surface area contributed by atoms with Gasteiger partial charge in [-0.25, -0.2) is 0 Å². The second-order valence-electron chi connectivity index (χ2n) is 7.14. The van der Waals surface area contributed by atoms with E-state index in [2.05, 4.69) is 12.2 Å². The van der Waals surface area contributed by atoms with Crippen molar-refractivity contribution in [3.8, 4) is 17.3 Å². The van der Waals surface area contributed by atoms with Gasteiger partial charge in [0.05, 0.1) is 24.3 Å². The summed E-state index contributed by atoms with van der Waals surface area (Å²) in [5, 5.41) is 15.8. The van der Waals surface area contributed by atoms with E-state index in [0.717, 1.165) is 30.5 Å². The molecule has 1 unspecified atom stereocenters. The average Bonchev–Trinajstić information content (AvgIpc) is 3.14. The van der Waals surface area contributed by atoms with E-state index in [-0.39, 0.29) is 30.9 Å². The first-order chi connectivity index (χ1) is 13.5. The van der Waals surface area contributed by atoms with E-state index < -0.39 is 0 Å². The molecule has 2 amide bonds. The van der Waals surface area contributed by atoms with Crippen molar-refractivity contribution in [1.29, 1.82) is 5.26 Å². The number of rotatable bonds is 7. The molecule has 0 aliphatic carbocycles. The Kier molecular flexibility index (Phi) is 6.09. The summed E-state index contributed by atoms with van der Waals surface area (Å²) in [4.78, 5) is 26.6. The molecule has 28 heavy (non-hydrogen) atoms. The minimum Gasteiger partial charge on any atom is -0.341 e. The number of nitrogens with zero attached hydrogens (tertiary/aromatic N) is 4. The van der Waals surface area contributed by atoms with Crippen molar-refractivity contribution in [2.75, 3.05) is 19.6 Å². The Morgan fingerprint density at radius 2 is 2.11 bits per heavy atom. The first-order valence-corrected chi connectivity index (χ1v) is 9.63.